The Hall–Kier alpha value is -3.36. The van der Waals surface area contributed by atoms with E-state index in [1.54, 1.807) is 48.5 Å². The normalized spacial score (nSPS) is 12.8. The van der Waals surface area contributed by atoms with Gasteiger partial charge in [-0.3, -0.25) is 13.9 Å². The first-order valence-electron chi connectivity index (χ1n) is 13.5. The number of nitrogens with zero attached hydrogens (tertiary/aromatic N) is 2. The predicted octanol–water partition coefficient (Wildman–Crippen LogP) is 5.87. The molecule has 2 atom stereocenters. The molecule has 40 heavy (non-hydrogen) atoms. The van der Waals surface area contributed by atoms with Crippen molar-refractivity contribution in [3.8, 4) is 0 Å². The topological polar surface area (TPSA) is 86.8 Å². The molecule has 0 aliphatic rings. The third-order valence-corrected chi connectivity index (χ3v) is 8.92. The Labute approximate surface area is 243 Å². The fraction of sp³-hybridized carbons (Fsp3) is 0.355. The highest BCUT2D eigenvalue weighted by Crippen LogP contribution is 2.28. The molecule has 0 saturated heterocycles. The van der Waals surface area contributed by atoms with Crippen molar-refractivity contribution in [1.82, 2.24) is 10.2 Å². The van der Waals surface area contributed by atoms with Gasteiger partial charge in [0.05, 0.1) is 10.6 Å². The van der Waals surface area contributed by atoms with Gasteiger partial charge < -0.3 is 10.2 Å². The van der Waals surface area contributed by atoms with Crippen molar-refractivity contribution in [3.63, 3.8) is 0 Å². The van der Waals surface area contributed by atoms with E-state index in [-0.39, 0.29) is 23.4 Å². The maximum atomic E-state index is 14.1. The molecule has 0 fully saturated rings. The average Bonchev–Trinajstić information content (AvgIpc) is 2.94. The molecule has 214 valence electrons. The molecule has 3 rings (SSSR count). The third-order valence-electron chi connectivity index (χ3n) is 6.90. The summed E-state index contributed by atoms with van der Waals surface area (Å²) in [5.74, 6) is -0.759. The van der Waals surface area contributed by atoms with E-state index in [2.05, 4.69) is 5.32 Å². The summed E-state index contributed by atoms with van der Waals surface area (Å²) in [5, 5.41) is 3.54. The number of anilines is 1. The van der Waals surface area contributed by atoms with Crippen LogP contribution in [0.25, 0.3) is 0 Å². The summed E-state index contributed by atoms with van der Waals surface area (Å²) >= 11 is 6.08. The minimum absolute atomic E-state index is 0.0704. The predicted molar refractivity (Wildman–Crippen MR) is 161 cm³/mol. The Bertz CT molecular complexity index is 1410. The summed E-state index contributed by atoms with van der Waals surface area (Å²) in [5.41, 5.74) is 2.76. The Balaban J connectivity index is 2.08. The van der Waals surface area contributed by atoms with Gasteiger partial charge in [0.2, 0.25) is 11.8 Å². The number of hydrogen-bond donors (Lipinski definition) is 1. The highest BCUT2D eigenvalue weighted by Gasteiger charge is 2.34. The number of benzene rings is 3. The lowest BCUT2D eigenvalue weighted by Gasteiger charge is -2.34. The highest BCUT2D eigenvalue weighted by atomic mass is 35.5. The van der Waals surface area contributed by atoms with E-state index < -0.39 is 28.5 Å². The summed E-state index contributed by atoms with van der Waals surface area (Å²) in [7, 11) is -4.11. The number of sulfonamides is 1. The van der Waals surface area contributed by atoms with Gasteiger partial charge in [0.1, 0.15) is 12.6 Å². The lowest BCUT2D eigenvalue weighted by Crippen LogP contribution is -2.53. The van der Waals surface area contributed by atoms with Crippen LogP contribution in [0.5, 0.6) is 0 Å². The second kappa shape index (κ2) is 13.8. The monoisotopic (exact) mass is 583 g/mol. The van der Waals surface area contributed by atoms with Crippen LogP contribution >= 0.6 is 11.6 Å². The van der Waals surface area contributed by atoms with E-state index in [1.807, 2.05) is 46.8 Å². The quantitative estimate of drug-likeness (QED) is 0.289. The molecule has 0 aromatic heterocycles. The van der Waals surface area contributed by atoms with E-state index in [4.69, 9.17) is 11.6 Å². The van der Waals surface area contributed by atoms with Gasteiger partial charge in [-0.1, -0.05) is 67.9 Å². The Morgan fingerprint density at radius 3 is 2.17 bits per heavy atom. The first-order chi connectivity index (χ1) is 19.0. The molecular formula is C31H38ClN3O4S. The number of halogens is 1. The average molecular weight is 584 g/mol. The third kappa shape index (κ3) is 7.64. The molecule has 1 N–H and O–H groups in total. The van der Waals surface area contributed by atoms with Crippen LogP contribution in [-0.2, 0) is 26.2 Å². The van der Waals surface area contributed by atoms with Crippen molar-refractivity contribution in [2.75, 3.05) is 10.8 Å². The minimum Gasteiger partial charge on any atom is -0.352 e. The van der Waals surface area contributed by atoms with Crippen LogP contribution in [0, 0.1) is 13.8 Å². The second-order valence-electron chi connectivity index (χ2n) is 10.0. The van der Waals surface area contributed by atoms with Gasteiger partial charge in [-0.15, -0.1) is 0 Å². The summed E-state index contributed by atoms with van der Waals surface area (Å²) < 4.78 is 29.1. The molecule has 9 heteroatoms. The number of nitrogens with one attached hydrogen (secondary N) is 1. The molecule has 7 nitrogen and oxygen atoms in total. The highest BCUT2D eigenvalue weighted by molar-refractivity contribution is 7.92. The van der Waals surface area contributed by atoms with E-state index in [0.717, 1.165) is 21.9 Å². The van der Waals surface area contributed by atoms with Gasteiger partial charge in [-0.2, -0.15) is 0 Å². The number of aryl methyl sites for hydroxylation is 2. The van der Waals surface area contributed by atoms with Crippen LogP contribution in [0.4, 0.5) is 5.69 Å². The van der Waals surface area contributed by atoms with Crippen LogP contribution in [0.1, 0.15) is 50.3 Å². The van der Waals surface area contributed by atoms with Crippen molar-refractivity contribution in [2.24, 2.45) is 0 Å². The van der Waals surface area contributed by atoms with Crippen LogP contribution in [0.15, 0.2) is 77.7 Å². The van der Waals surface area contributed by atoms with Crippen molar-refractivity contribution in [2.45, 2.75) is 71.0 Å². The van der Waals surface area contributed by atoms with Crippen LogP contribution in [-0.4, -0.2) is 43.8 Å². The Morgan fingerprint density at radius 2 is 1.57 bits per heavy atom. The minimum atomic E-state index is -4.11. The second-order valence-corrected chi connectivity index (χ2v) is 12.3. The molecule has 0 aliphatic carbocycles. The van der Waals surface area contributed by atoms with Crippen LogP contribution < -0.4 is 9.62 Å². The molecular weight excluding hydrogens is 546 g/mol. The number of amides is 2. The summed E-state index contributed by atoms with van der Waals surface area (Å²) in [6.07, 6.45) is 1.10. The van der Waals surface area contributed by atoms with Gasteiger partial charge in [-0.05, 0) is 80.6 Å². The smallest absolute Gasteiger partial charge is 0.264 e. The summed E-state index contributed by atoms with van der Waals surface area (Å²) in [6, 6.07) is 19.7. The summed E-state index contributed by atoms with van der Waals surface area (Å²) in [6.45, 7) is 9.05. The SMILES string of the molecule is CC[C@H](C)NC(=O)[C@H](CC)N(Cc1ccc(Cl)cc1)C(=O)CN(c1cc(C)ccc1C)S(=O)(=O)c1ccccc1. The lowest BCUT2D eigenvalue weighted by atomic mass is 10.1. The van der Waals surface area contributed by atoms with Crippen LogP contribution in [0.2, 0.25) is 5.02 Å². The van der Waals surface area contributed by atoms with Gasteiger partial charge >= 0.3 is 0 Å². The van der Waals surface area contributed by atoms with Crippen molar-refractivity contribution < 1.29 is 18.0 Å². The zero-order valence-electron chi connectivity index (χ0n) is 23.7. The molecule has 0 radical (unpaired) electrons. The van der Waals surface area contributed by atoms with Gasteiger partial charge in [0.25, 0.3) is 10.0 Å². The molecule has 3 aromatic carbocycles. The molecule has 2 amide bonds. The largest absolute Gasteiger partial charge is 0.352 e. The number of carbonyl (C=O) groups excluding carboxylic acids is 2. The van der Waals surface area contributed by atoms with Crippen molar-refractivity contribution >= 4 is 39.1 Å². The van der Waals surface area contributed by atoms with Crippen molar-refractivity contribution in [1.29, 1.82) is 0 Å². The lowest BCUT2D eigenvalue weighted by molar-refractivity contribution is -0.140. The number of rotatable bonds is 12. The molecule has 0 saturated carbocycles. The van der Waals surface area contributed by atoms with E-state index in [0.29, 0.717) is 22.7 Å². The van der Waals surface area contributed by atoms with E-state index >= 15 is 0 Å². The zero-order chi connectivity index (χ0) is 29.4. The fourth-order valence-electron chi connectivity index (χ4n) is 4.37. The zero-order valence-corrected chi connectivity index (χ0v) is 25.3. The van der Waals surface area contributed by atoms with Crippen LogP contribution in [0.3, 0.4) is 0 Å². The maximum absolute atomic E-state index is 14.1. The van der Waals surface area contributed by atoms with Gasteiger partial charge in [0.15, 0.2) is 0 Å². The molecule has 0 aliphatic heterocycles. The molecule has 0 unspecified atom stereocenters. The standard InChI is InChI=1S/C31H38ClN3O4S/c1-6-24(5)33-31(37)28(7-2)34(20-25-15-17-26(32)18-16-25)30(36)21-35(29-19-22(3)13-14-23(29)4)40(38,39)27-11-9-8-10-12-27/h8-19,24,28H,6-7,20-21H2,1-5H3,(H,33,37)/t24-,28-/m0/s1. The number of carbonyl (C=O) groups is 2. The summed E-state index contributed by atoms with van der Waals surface area (Å²) in [4.78, 5) is 29.0. The Morgan fingerprint density at radius 1 is 0.925 bits per heavy atom. The van der Waals surface area contributed by atoms with Gasteiger partial charge in [-0.25, -0.2) is 8.42 Å². The first kappa shape index (κ1) is 31.2. The fourth-order valence-corrected chi connectivity index (χ4v) is 5.99. The van der Waals surface area contributed by atoms with E-state index in [1.165, 1.54) is 17.0 Å². The molecule has 0 bridgehead atoms. The van der Waals surface area contributed by atoms with Crippen molar-refractivity contribution in [3.05, 3.63) is 94.5 Å². The first-order valence-corrected chi connectivity index (χ1v) is 15.3. The Kier molecular flexibility index (Phi) is 10.8. The maximum Gasteiger partial charge on any atom is 0.264 e. The van der Waals surface area contributed by atoms with E-state index in [9.17, 15) is 18.0 Å². The van der Waals surface area contributed by atoms with Gasteiger partial charge in [0, 0.05) is 17.6 Å². The molecule has 0 spiro atoms. The molecule has 0 heterocycles. The molecule has 3 aromatic rings. The number of hydrogen-bond acceptors (Lipinski definition) is 4.